The van der Waals surface area contributed by atoms with Gasteiger partial charge in [0.2, 0.25) is 0 Å². The average molecular weight is 529 g/mol. The first-order chi connectivity index (χ1) is 16.6. The van der Waals surface area contributed by atoms with Crippen LogP contribution in [0.1, 0.15) is 122 Å². The van der Waals surface area contributed by atoms with E-state index in [9.17, 15) is 34.8 Å². The normalized spacial score (nSPS) is 19.7. The molecule has 5 atom stereocenters. The molecule has 0 amide bonds. The second-order valence-corrected chi connectivity index (χ2v) is 13.2. The van der Waals surface area contributed by atoms with E-state index in [1.165, 1.54) is 0 Å². The molecular formula is C30H56O7. The predicted octanol–water partition coefficient (Wildman–Crippen LogP) is 6.96. The van der Waals surface area contributed by atoms with Crippen molar-refractivity contribution >= 4 is 17.9 Å². The number of rotatable bonds is 17. The van der Waals surface area contributed by atoms with Crippen LogP contribution in [0.25, 0.3) is 0 Å². The zero-order valence-corrected chi connectivity index (χ0v) is 25.6. The fourth-order valence-corrected chi connectivity index (χ4v) is 7.48. The highest BCUT2D eigenvalue weighted by Gasteiger charge is 2.79. The Morgan fingerprint density at radius 1 is 0.622 bits per heavy atom. The molecule has 0 rings (SSSR count). The van der Waals surface area contributed by atoms with Gasteiger partial charge in [-0.2, -0.15) is 0 Å². The molecule has 0 aliphatic heterocycles. The van der Waals surface area contributed by atoms with Crippen molar-refractivity contribution in [1.29, 1.82) is 0 Å². The Hall–Kier alpha value is -1.63. The number of carbonyl (C=O) groups is 3. The van der Waals surface area contributed by atoms with Gasteiger partial charge < -0.3 is 20.4 Å². The highest BCUT2D eigenvalue weighted by atomic mass is 16.4. The summed E-state index contributed by atoms with van der Waals surface area (Å²) in [5, 5.41) is 45.5. The minimum atomic E-state index is -3.12. The molecule has 4 N–H and O–H groups in total. The van der Waals surface area contributed by atoms with E-state index >= 15 is 0 Å². The van der Waals surface area contributed by atoms with Crippen molar-refractivity contribution in [2.24, 2.45) is 45.3 Å². The van der Waals surface area contributed by atoms with Crippen molar-refractivity contribution < 1.29 is 34.8 Å². The smallest absolute Gasteiger partial charge is 0.337 e. The van der Waals surface area contributed by atoms with Crippen LogP contribution in [0.3, 0.4) is 0 Å². The van der Waals surface area contributed by atoms with E-state index in [0.717, 1.165) is 19.3 Å². The van der Waals surface area contributed by atoms with E-state index in [0.29, 0.717) is 19.3 Å². The molecule has 0 aromatic rings. The highest BCUT2D eigenvalue weighted by molar-refractivity contribution is 5.95. The van der Waals surface area contributed by atoms with Gasteiger partial charge >= 0.3 is 17.9 Å². The summed E-state index contributed by atoms with van der Waals surface area (Å²) in [4.78, 5) is 40.3. The van der Waals surface area contributed by atoms with Crippen LogP contribution in [0.4, 0.5) is 0 Å². The van der Waals surface area contributed by atoms with Gasteiger partial charge in [-0.15, -0.1) is 0 Å². The Morgan fingerprint density at radius 2 is 0.946 bits per heavy atom. The van der Waals surface area contributed by atoms with Gasteiger partial charge in [0.05, 0.1) is 0 Å². The van der Waals surface area contributed by atoms with Gasteiger partial charge in [-0.1, -0.05) is 122 Å². The van der Waals surface area contributed by atoms with Crippen LogP contribution in [0.15, 0.2) is 0 Å². The van der Waals surface area contributed by atoms with Crippen LogP contribution < -0.4 is 0 Å². The van der Waals surface area contributed by atoms with Crippen molar-refractivity contribution in [3.05, 3.63) is 0 Å². The Morgan fingerprint density at radius 3 is 1.19 bits per heavy atom. The van der Waals surface area contributed by atoms with Crippen LogP contribution in [0.5, 0.6) is 0 Å². The summed E-state index contributed by atoms with van der Waals surface area (Å²) < 4.78 is 0. The summed E-state index contributed by atoms with van der Waals surface area (Å²) in [6.07, 6.45) is 4.02. The van der Waals surface area contributed by atoms with Gasteiger partial charge in [0.1, 0.15) is 11.3 Å². The molecule has 0 bridgehead atoms. The van der Waals surface area contributed by atoms with Gasteiger partial charge in [-0.25, -0.2) is 4.79 Å². The molecule has 0 aromatic heterocycles. The van der Waals surface area contributed by atoms with Crippen LogP contribution in [0, 0.1) is 45.3 Å². The van der Waals surface area contributed by atoms with Crippen molar-refractivity contribution in [1.82, 2.24) is 0 Å². The van der Waals surface area contributed by atoms with Crippen molar-refractivity contribution in [3.63, 3.8) is 0 Å². The highest BCUT2D eigenvalue weighted by Crippen LogP contribution is 2.67. The summed E-state index contributed by atoms with van der Waals surface area (Å²) in [5.74, 6) is -7.58. The van der Waals surface area contributed by atoms with Crippen molar-refractivity contribution in [2.45, 2.75) is 127 Å². The molecule has 0 saturated carbocycles. The third-order valence-electron chi connectivity index (χ3n) is 10.5. The minimum Gasteiger partial charge on any atom is -0.481 e. The number of aliphatic hydroxyl groups is 1. The molecule has 0 spiro atoms. The van der Waals surface area contributed by atoms with Crippen LogP contribution >= 0.6 is 0 Å². The lowest BCUT2D eigenvalue weighted by Crippen LogP contribution is -2.77. The summed E-state index contributed by atoms with van der Waals surface area (Å²) in [5.41, 5.74) is -9.30. The number of carboxylic acid groups (broad SMARTS) is 3. The maximum absolute atomic E-state index is 13.8. The summed E-state index contributed by atoms with van der Waals surface area (Å²) in [6.45, 7) is 21.6. The number of carboxylic acids is 3. The lowest BCUT2D eigenvalue weighted by atomic mass is 9.37. The molecule has 0 heterocycles. The molecule has 5 unspecified atom stereocenters. The van der Waals surface area contributed by atoms with E-state index in [-0.39, 0.29) is 17.8 Å². The molecule has 218 valence electrons. The van der Waals surface area contributed by atoms with Gasteiger partial charge in [-0.05, 0) is 34.0 Å². The van der Waals surface area contributed by atoms with Gasteiger partial charge in [-0.3, -0.25) is 9.59 Å². The molecular weight excluding hydrogens is 472 g/mol. The molecule has 0 aromatic carbocycles. The largest absolute Gasteiger partial charge is 0.481 e. The lowest BCUT2D eigenvalue weighted by Gasteiger charge is -2.64. The monoisotopic (exact) mass is 528 g/mol. The van der Waals surface area contributed by atoms with Crippen LogP contribution in [-0.2, 0) is 14.4 Å². The third-order valence-corrected chi connectivity index (χ3v) is 10.5. The second-order valence-electron chi connectivity index (χ2n) is 13.2. The van der Waals surface area contributed by atoms with Gasteiger partial charge in [0.15, 0.2) is 5.60 Å². The topological polar surface area (TPSA) is 132 Å². The van der Waals surface area contributed by atoms with Crippen molar-refractivity contribution in [3.8, 4) is 0 Å². The van der Waals surface area contributed by atoms with Crippen LogP contribution in [-0.4, -0.2) is 43.9 Å². The number of aliphatic carboxylic acids is 3. The molecule has 0 fully saturated rings. The Bertz CT molecular complexity index is 774. The fraction of sp³-hybridized carbons (Fsp3) is 0.900. The maximum atomic E-state index is 13.8. The quantitative estimate of drug-likeness (QED) is 0.160. The van der Waals surface area contributed by atoms with E-state index in [2.05, 4.69) is 0 Å². The SMILES string of the molecule is CCCC(C)C(C)(C)C(C(=O)O)C(O)(C(=O)O)C(C(=O)O)(C(C)(C)C(C)CCC)C(C)(C)C(C)CCC. The van der Waals surface area contributed by atoms with E-state index in [4.69, 9.17) is 0 Å². The molecule has 0 saturated heterocycles. The zero-order chi connectivity index (χ0) is 29.8. The van der Waals surface area contributed by atoms with Gasteiger partial charge in [0.25, 0.3) is 0 Å². The lowest BCUT2D eigenvalue weighted by molar-refractivity contribution is -0.268. The molecule has 0 aliphatic carbocycles. The molecule has 0 aliphatic rings. The first kappa shape index (κ1) is 35.4. The number of hydrogen-bond acceptors (Lipinski definition) is 4. The summed E-state index contributed by atoms with van der Waals surface area (Å²) in [7, 11) is 0. The molecule has 0 radical (unpaired) electrons. The molecule has 37 heavy (non-hydrogen) atoms. The number of hydrogen-bond donors (Lipinski definition) is 4. The molecule has 7 heteroatoms. The van der Waals surface area contributed by atoms with Crippen LogP contribution in [0.2, 0.25) is 0 Å². The zero-order valence-electron chi connectivity index (χ0n) is 25.6. The average Bonchev–Trinajstić information content (AvgIpc) is 2.73. The maximum Gasteiger partial charge on any atom is 0.337 e. The summed E-state index contributed by atoms with van der Waals surface area (Å²) >= 11 is 0. The third kappa shape index (κ3) is 5.58. The van der Waals surface area contributed by atoms with E-state index in [1.807, 2.05) is 41.5 Å². The predicted molar refractivity (Wildman–Crippen MR) is 147 cm³/mol. The Labute approximate surface area is 225 Å². The summed E-state index contributed by atoms with van der Waals surface area (Å²) in [6, 6.07) is 0. The Balaban J connectivity index is 8.28. The first-order valence-electron chi connectivity index (χ1n) is 14.1. The van der Waals surface area contributed by atoms with E-state index < -0.39 is 51.1 Å². The fourth-order valence-electron chi connectivity index (χ4n) is 7.48. The van der Waals surface area contributed by atoms with E-state index in [1.54, 1.807) is 41.5 Å². The standard InChI is InChI=1S/C30H56O7/c1-13-16-19(4)26(7,8)22(23(31)32)29(37,24(33)34)30(25(35)36,27(9,10)20(5)17-14-2)28(11,12)21(6)18-15-3/h19-22,37H,13-18H2,1-12H3,(H,31,32)(H,33,34)(H,35,36). The minimum absolute atomic E-state index is 0.289. The Kier molecular flexibility index (Phi) is 11.9. The second kappa shape index (κ2) is 12.5. The van der Waals surface area contributed by atoms with Gasteiger partial charge in [0, 0.05) is 0 Å². The molecule has 7 nitrogen and oxygen atoms in total. The first-order valence-corrected chi connectivity index (χ1v) is 14.1. The van der Waals surface area contributed by atoms with Crippen molar-refractivity contribution in [2.75, 3.05) is 0 Å².